The average Bonchev–Trinajstić information content (AvgIpc) is 2.99. The average molecular weight is 459 g/mol. The molecule has 0 unspecified atom stereocenters. The summed E-state index contributed by atoms with van der Waals surface area (Å²) in [6.45, 7) is 6.64. The zero-order chi connectivity index (χ0) is 22.6. The Hall–Kier alpha value is -2.85. The standard InChI is InChI=1S/C29H28ClNO2/c1-21-11-13-23(14-12-21)29-28(30)25(15-16-31-17-19-32-20-18-31)27(22-7-3-2-4-8-22)24-9-5-6-10-26(24)33-29/h2-15,27H,16-20H2,1H3/p+1/b25-15-/t27-/m1/s1. The van der Waals surface area contributed by atoms with Crippen molar-refractivity contribution in [2.24, 2.45) is 0 Å². The lowest BCUT2D eigenvalue weighted by Crippen LogP contribution is -3.13. The topological polar surface area (TPSA) is 22.9 Å². The van der Waals surface area contributed by atoms with E-state index in [0.29, 0.717) is 10.8 Å². The van der Waals surface area contributed by atoms with Gasteiger partial charge in [0.05, 0.1) is 24.8 Å². The van der Waals surface area contributed by atoms with Crippen LogP contribution in [0.15, 0.2) is 95.5 Å². The fraction of sp³-hybridized carbons (Fsp3) is 0.241. The first kappa shape index (κ1) is 22.0. The van der Waals surface area contributed by atoms with Crippen LogP contribution in [0.5, 0.6) is 5.75 Å². The Balaban J connectivity index is 1.68. The van der Waals surface area contributed by atoms with Gasteiger partial charge in [-0.2, -0.15) is 0 Å². The zero-order valence-electron chi connectivity index (χ0n) is 18.9. The molecule has 0 aliphatic carbocycles. The Morgan fingerprint density at radius 3 is 2.36 bits per heavy atom. The second kappa shape index (κ2) is 9.96. The van der Waals surface area contributed by atoms with Crippen molar-refractivity contribution >= 4 is 17.4 Å². The normalized spacial score (nSPS) is 20.3. The molecule has 0 spiro atoms. The van der Waals surface area contributed by atoms with Crippen LogP contribution in [0.4, 0.5) is 0 Å². The molecule has 3 nitrogen and oxygen atoms in total. The molecule has 5 rings (SSSR count). The minimum absolute atomic E-state index is 0.00158. The monoisotopic (exact) mass is 458 g/mol. The van der Waals surface area contributed by atoms with E-state index < -0.39 is 0 Å². The van der Waals surface area contributed by atoms with E-state index in [4.69, 9.17) is 21.1 Å². The fourth-order valence-corrected chi connectivity index (χ4v) is 4.95. The van der Waals surface area contributed by atoms with Gasteiger partial charge in [-0.05, 0) is 30.2 Å². The third-order valence-corrected chi connectivity index (χ3v) is 6.85. The van der Waals surface area contributed by atoms with Gasteiger partial charge in [0.15, 0.2) is 5.76 Å². The van der Waals surface area contributed by atoms with Crippen molar-refractivity contribution in [2.75, 3.05) is 32.8 Å². The Kier molecular flexibility index (Phi) is 6.63. The van der Waals surface area contributed by atoms with Gasteiger partial charge in [-0.1, -0.05) is 90.0 Å². The number of ether oxygens (including phenoxy) is 2. The number of para-hydroxylation sites is 1. The largest absolute Gasteiger partial charge is 0.455 e. The minimum atomic E-state index is -0.00158. The van der Waals surface area contributed by atoms with Gasteiger partial charge in [0.25, 0.3) is 0 Å². The Morgan fingerprint density at radius 1 is 0.909 bits per heavy atom. The lowest BCUT2D eigenvalue weighted by Gasteiger charge is -2.24. The number of aryl methyl sites for hydroxylation is 1. The van der Waals surface area contributed by atoms with Crippen LogP contribution in [0.1, 0.15) is 28.2 Å². The smallest absolute Gasteiger partial charge is 0.153 e. The van der Waals surface area contributed by atoms with E-state index in [1.54, 1.807) is 0 Å². The zero-order valence-corrected chi connectivity index (χ0v) is 19.6. The van der Waals surface area contributed by atoms with Crippen molar-refractivity contribution < 1.29 is 14.4 Å². The molecule has 1 N–H and O–H groups in total. The maximum Gasteiger partial charge on any atom is 0.153 e. The second-order valence-corrected chi connectivity index (χ2v) is 9.10. The summed E-state index contributed by atoms with van der Waals surface area (Å²) < 4.78 is 12.1. The number of hydrogen-bond acceptors (Lipinski definition) is 2. The molecule has 1 saturated heterocycles. The van der Waals surface area contributed by atoms with Gasteiger partial charge in [0.2, 0.25) is 0 Å². The molecule has 3 aromatic rings. The molecule has 0 amide bonds. The first-order valence-electron chi connectivity index (χ1n) is 11.6. The molecule has 2 aliphatic heterocycles. The van der Waals surface area contributed by atoms with Crippen LogP contribution >= 0.6 is 11.6 Å². The van der Waals surface area contributed by atoms with E-state index in [1.807, 2.05) is 12.1 Å². The highest BCUT2D eigenvalue weighted by Gasteiger charge is 2.31. The van der Waals surface area contributed by atoms with Crippen molar-refractivity contribution in [3.05, 3.63) is 118 Å². The van der Waals surface area contributed by atoms with Crippen molar-refractivity contribution in [1.82, 2.24) is 0 Å². The summed E-state index contributed by atoms with van der Waals surface area (Å²) in [7, 11) is 0. The molecule has 33 heavy (non-hydrogen) atoms. The van der Waals surface area contributed by atoms with Gasteiger partial charge in [-0.25, -0.2) is 0 Å². The van der Waals surface area contributed by atoms with E-state index in [1.165, 1.54) is 16.0 Å². The first-order chi connectivity index (χ1) is 16.2. The molecular formula is C29H29ClNO2+. The molecular weight excluding hydrogens is 430 g/mol. The minimum Gasteiger partial charge on any atom is -0.455 e. The van der Waals surface area contributed by atoms with E-state index in [-0.39, 0.29) is 5.92 Å². The summed E-state index contributed by atoms with van der Waals surface area (Å²) in [5, 5.41) is 0.677. The van der Waals surface area contributed by atoms with Crippen LogP contribution in [-0.2, 0) is 4.74 Å². The summed E-state index contributed by atoms with van der Waals surface area (Å²) >= 11 is 7.23. The molecule has 1 fully saturated rings. The maximum atomic E-state index is 7.23. The van der Waals surface area contributed by atoms with E-state index in [9.17, 15) is 0 Å². The van der Waals surface area contributed by atoms with E-state index in [0.717, 1.165) is 55.3 Å². The molecule has 1 atom stereocenters. The van der Waals surface area contributed by atoms with Crippen molar-refractivity contribution in [2.45, 2.75) is 12.8 Å². The molecule has 0 bridgehead atoms. The predicted molar refractivity (Wildman–Crippen MR) is 134 cm³/mol. The molecule has 0 aromatic heterocycles. The van der Waals surface area contributed by atoms with Gasteiger partial charge >= 0.3 is 0 Å². The third-order valence-electron chi connectivity index (χ3n) is 6.46. The lowest BCUT2D eigenvalue weighted by molar-refractivity contribution is -0.902. The number of rotatable bonds is 4. The van der Waals surface area contributed by atoms with Gasteiger partial charge in [0, 0.05) is 17.0 Å². The molecule has 3 aromatic carbocycles. The Labute approximate surface area is 200 Å². The van der Waals surface area contributed by atoms with Gasteiger partial charge < -0.3 is 14.4 Å². The summed E-state index contributed by atoms with van der Waals surface area (Å²) in [6.07, 6.45) is 2.32. The Morgan fingerprint density at radius 2 is 1.61 bits per heavy atom. The number of benzene rings is 3. The highest BCUT2D eigenvalue weighted by molar-refractivity contribution is 6.35. The third kappa shape index (κ3) is 4.77. The number of hydrogen-bond donors (Lipinski definition) is 1. The summed E-state index contributed by atoms with van der Waals surface area (Å²) in [6, 6.07) is 27.3. The van der Waals surface area contributed by atoms with Crippen LogP contribution in [0.2, 0.25) is 0 Å². The van der Waals surface area contributed by atoms with Gasteiger partial charge in [-0.3, -0.25) is 0 Å². The maximum absolute atomic E-state index is 7.23. The Bertz CT molecular complexity index is 1160. The molecule has 4 heteroatoms. The molecule has 2 aliphatic rings. The van der Waals surface area contributed by atoms with Crippen LogP contribution < -0.4 is 9.64 Å². The summed E-state index contributed by atoms with van der Waals surface area (Å²) in [4.78, 5) is 1.51. The summed E-state index contributed by atoms with van der Waals surface area (Å²) in [5.41, 5.74) is 5.63. The molecule has 0 saturated carbocycles. The molecule has 0 radical (unpaired) electrons. The van der Waals surface area contributed by atoms with E-state index in [2.05, 4.69) is 79.7 Å². The van der Waals surface area contributed by atoms with Gasteiger partial charge in [0.1, 0.15) is 18.8 Å². The fourth-order valence-electron chi connectivity index (χ4n) is 4.61. The number of allylic oxidation sites excluding steroid dienone is 2. The number of halogens is 1. The van der Waals surface area contributed by atoms with Crippen LogP contribution in [0.3, 0.4) is 0 Å². The second-order valence-electron chi connectivity index (χ2n) is 8.72. The highest BCUT2D eigenvalue weighted by Crippen LogP contribution is 2.47. The number of morpholine rings is 1. The number of fused-ring (bicyclic) bond motifs is 1. The van der Waals surface area contributed by atoms with Crippen LogP contribution in [0.25, 0.3) is 5.76 Å². The molecule has 168 valence electrons. The lowest BCUT2D eigenvalue weighted by atomic mass is 9.84. The van der Waals surface area contributed by atoms with Gasteiger partial charge in [-0.15, -0.1) is 0 Å². The predicted octanol–water partition coefficient (Wildman–Crippen LogP) is 4.97. The highest BCUT2D eigenvalue weighted by atomic mass is 35.5. The summed E-state index contributed by atoms with van der Waals surface area (Å²) in [5.74, 6) is 1.56. The van der Waals surface area contributed by atoms with Crippen LogP contribution in [0, 0.1) is 6.92 Å². The van der Waals surface area contributed by atoms with Crippen molar-refractivity contribution in [3.8, 4) is 5.75 Å². The van der Waals surface area contributed by atoms with Crippen LogP contribution in [-0.4, -0.2) is 32.8 Å². The molecule has 2 heterocycles. The van der Waals surface area contributed by atoms with Crippen molar-refractivity contribution in [3.63, 3.8) is 0 Å². The quantitative estimate of drug-likeness (QED) is 0.596. The number of nitrogens with one attached hydrogen (secondary N) is 1. The van der Waals surface area contributed by atoms with Crippen molar-refractivity contribution in [1.29, 1.82) is 0 Å². The number of quaternary nitrogens is 1. The first-order valence-corrected chi connectivity index (χ1v) is 12.0. The van der Waals surface area contributed by atoms with E-state index >= 15 is 0 Å². The SMILES string of the molecule is Cc1ccc(C2=C(Cl)/C(=C\C[NH+]3CCOCC3)[C@H](c3ccccc3)c3ccccc3O2)cc1.